The van der Waals surface area contributed by atoms with Crippen LogP contribution in [-0.4, -0.2) is 13.2 Å². The fraction of sp³-hybridized carbons (Fsp3) is 0.571. The van der Waals surface area contributed by atoms with E-state index >= 15 is 0 Å². The summed E-state index contributed by atoms with van der Waals surface area (Å²) in [6, 6.07) is 6.60. The minimum absolute atomic E-state index is 0. The minimum Gasteiger partial charge on any atom is -0.496 e. The maximum Gasteiger partial charge on any atom is 0.122 e. The van der Waals surface area contributed by atoms with E-state index in [9.17, 15) is 0 Å². The third-order valence-corrected chi connectivity index (χ3v) is 3.00. The predicted molar refractivity (Wildman–Crippen MR) is 76.3 cm³/mol. The summed E-state index contributed by atoms with van der Waals surface area (Å²) < 4.78 is 5.40. The van der Waals surface area contributed by atoms with Crippen molar-refractivity contribution in [2.75, 3.05) is 7.11 Å². The highest BCUT2D eigenvalue weighted by molar-refractivity contribution is 5.85. The summed E-state index contributed by atoms with van der Waals surface area (Å²) in [7, 11) is 1.73. The molecule has 1 aromatic rings. The molecule has 0 spiro atoms. The maximum atomic E-state index is 5.82. The van der Waals surface area contributed by atoms with Crippen LogP contribution < -0.4 is 10.5 Å². The van der Waals surface area contributed by atoms with Gasteiger partial charge in [-0.3, -0.25) is 0 Å². The van der Waals surface area contributed by atoms with E-state index < -0.39 is 0 Å². The van der Waals surface area contributed by atoms with Gasteiger partial charge >= 0.3 is 0 Å². The molecule has 0 aliphatic carbocycles. The zero-order valence-corrected chi connectivity index (χ0v) is 12.0. The summed E-state index contributed by atoms with van der Waals surface area (Å²) in [5, 5.41) is 0. The molecule has 0 radical (unpaired) electrons. The Kier molecular flexibility index (Phi) is 7.24. The van der Waals surface area contributed by atoms with Gasteiger partial charge in [0.25, 0.3) is 0 Å². The predicted octanol–water partition coefficient (Wildman–Crippen LogP) is 3.52. The summed E-state index contributed by atoms with van der Waals surface area (Å²) in [4.78, 5) is 0. The molecule has 0 saturated heterocycles. The normalized spacial score (nSPS) is 13.7. The first-order valence-corrected chi connectivity index (χ1v) is 6.00. The molecule has 98 valence electrons. The van der Waals surface area contributed by atoms with Gasteiger partial charge in [-0.1, -0.05) is 26.0 Å². The molecular weight excluding hydrogens is 234 g/mol. The van der Waals surface area contributed by atoms with Gasteiger partial charge in [0.05, 0.1) is 7.11 Å². The van der Waals surface area contributed by atoms with Crippen molar-refractivity contribution in [3.05, 3.63) is 29.3 Å². The van der Waals surface area contributed by atoms with Crippen molar-refractivity contribution in [2.45, 2.75) is 45.6 Å². The van der Waals surface area contributed by atoms with Gasteiger partial charge < -0.3 is 10.5 Å². The standard InChI is InChI=1S/C14H23NO.ClH/c1-5-10(2)13-9-12(8-11(3)15)6-7-14(13)16-4;/h6-7,9-11H,5,8,15H2,1-4H3;1H. The number of methoxy groups -OCH3 is 1. The largest absolute Gasteiger partial charge is 0.496 e. The fourth-order valence-electron chi connectivity index (χ4n) is 1.89. The molecule has 0 heterocycles. The molecule has 0 amide bonds. The second-order valence-corrected chi connectivity index (χ2v) is 4.57. The van der Waals surface area contributed by atoms with Crippen LogP contribution in [0.1, 0.15) is 44.2 Å². The van der Waals surface area contributed by atoms with Crippen LogP contribution in [0.15, 0.2) is 18.2 Å². The van der Waals surface area contributed by atoms with E-state index in [0.29, 0.717) is 5.92 Å². The van der Waals surface area contributed by atoms with Gasteiger partial charge in [-0.2, -0.15) is 0 Å². The topological polar surface area (TPSA) is 35.2 Å². The third-order valence-electron chi connectivity index (χ3n) is 3.00. The van der Waals surface area contributed by atoms with Crippen LogP contribution in [0.5, 0.6) is 5.75 Å². The van der Waals surface area contributed by atoms with Gasteiger partial charge in [0.1, 0.15) is 5.75 Å². The molecule has 2 N–H and O–H groups in total. The van der Waals surface area contributed by atoms with Crippen LogP contribution in [0, 0.1) is 0 Å². The first-order valence-electron chi connectivity index (χ1n) is 6.00. The molecule has 2 unspecified atom stereocenters. The highest BCUT2D eigenvalue weighted by Crippen LogP contribution is 2.29. The molecule has 1 rings (SSSR count). The molecule has 0 aliphatic heterocycles. The van der Waals surface area contributed by atoms with Crippen molar-refractivity contribution in [1.29, 1.82) is 0 Å². The molecule has 0 saturated carbocycles. The molecule has 17 heavy (non-hydrogen) atoms. The number of hydrogen-bond acceptors (Lipinski definition) is 2. The summed E-state index contributed by atoms with van der Waals surface area (Å²) in [5.41, 5.74) is 8.41. The van der Waals surface area contributed by atoms with Gasteiger partial charge in [0.2, 0.25) is 0 Å². The summed E-state index contributed by atoms with van der Waals surface area (Å²) in [6.45, 7) is 6.46. The highest BCUT2D eigenvalue weighted by Gasteiger charge is 2.11. The molecule has 0 aromatic heterocycles. The Hall–Kier alpha value is -0.730. The van der Waals surface area contributed by atoms with Crippen molar-refractivity contribution in [2.24, 2.45) is 5.73 Å². The average molecular weight is 258 g/mol. The van der Waals surface area contributed by atoms with E-state index in [-0.39, 0.29) is 18.4 Å². The molecule has 3 heteroatoms. The van der Waals surface area contributed by atoms with Gasteiger partial charge in [0, 0.05) is 6.04 Å². The molecule has 2 nitrogen and oxygen atoms in total. The first kappa shape index (κ1) is 16.3. The van der Waals surface area contributed by atoms with Crippen molar-refractivity contribution in [3.8, 4) is 5.75 Å². The summed E-state index contributed by atoms with van der Waals surface area (Å²) in [6.07, 6.45) is 2.05. The molecule has 2 atom stereocenters. The average Bonchev–Trinajstić information content (AvgIpc) is 2.27. The zero-order valence-electron chi connectivity index (χ0n) is 11.2. The number of benzene rings is 1. The van der Waals surface area contributed by atoms with Crippen molar-refractivity contribution < 1.29 is 4.74 Å². The first-order chi connectivity index (χ1) is 7.58. The lowest BCUT2D eigenvalue weighted by atomic mass is 9.94. The Balaban J connectivity index is 0.00000256. The van der Waals surface area contributed by atoms with Gasteiger partial charge in [-0.15, -0.1) is 12.4 Å². The SMILES string of the molecule is CCC(C)c1cc(CC(C)N)ccc1OC.Cl. The van der Waals surface area contributed by atoms with Gasteiger partial charge in [0.15, 0.2) is 0 Å². The molecule has 0 fully saturated rings. The molecule has 0 aliphatic rings. The molecular formula is C14H24ClNO. The Morgan fingerprint density at radius 3 is 2.41 bits per heavy atom. The van der Waals surface area contributed by atoms with Crippen LogP contribution in [-0.2, 0) is 6.42 Å². The van der Waals surface area contributed by atoms with Gasteiger partial charge in [-0.05, 0) is 42.9 Å². The minimum atomic E-state index is 0. The number of halogens is 1. The second-order valence-electron chi connectivity index (χ2n) is 4.57. The number of ether oxygens (including phenoxy) is 1. The molecule has 0 bridgehead atoms. The second kappa shape index (κ2) is 7.57. The van der Waals surface area contributed by atoms with Crippen molar-refractivity contribution >= 4 is 12.4 Å². The fourth-order valence-corrected chi connectivity index (χ4v) is 1.89. The van der Waals surface area contributed by atoms with E-state index in [0.717, 1.165) is 18.6 Å². The monoisotopic (exact) mass is 257 g/mol. The van der Waals surface area contributed by atoms with E-state index in [4.69, 9.17) is 10.5 Å². The van der Waals surface area contributed by atoms with Gasteiger partial charge in [-0.25, -0.2) is 0 Å². The van der Waals surface area contributed by atoms with E-state index in [1.165, 1.54) is 11.1 Å². The lowest BCUT2D eigenvalue weighted by Gasteiger charge is -2.16. The Morgan fingerprint density at radius 1 is 1.29 bits per heavy atom. The van der Waals surface area contributed by atoms with Crippen LogP contribution in [0.4, 0.5) is 0 Å². The number of rotatable bonds is 5. The van der Waals surface area contributed by atoms with Crippen LogP contribution in [0.2, 0.25) is 0 Å². The number of nitrogens with two attached hydrogens (primary N) is 1. The smallest absolute Gasteiger partial charge is 0.122 e. The van der Waals surface area contributed by atoms with Crippen LogP contribution in [0.25, 0.3) is 0 Å². The van der Waals surface area contributed by atoms with Crippen LogP contribution in [0.3, 0.4) is 0 Å². The zero-order chi connectivity index (χ0) is 12.1. The Bertz CT molecular complexity index is 339. The lowest BCUT2D eigenvalue weighted by Crippen LogP contribution is -2.17. The van der Waals surface area contributed by atoms with E-state index in [1.807, 2.05) is 6.92 Å². The lowest BCUT2D eigenvalue weighted by molar-refractivity contribution is 0.405. The Labute approximate surface area is 111 Å². The van der Waals surface area contributed by atoms with Crippen molar-refractivity contribution in [3.63, 3.8) is 0 Å². The number of hydrogen-bond donors (Lipinski definition) is 1. The highest BCUT2D eigenvalue weighted by atomic mass is 35.5. The summed E-state index contributed by atoms with van der Waals surface area (Å²) in [5.74, 6) is 1.52. The maximum absolute atomic E-state index is 5.82. The summed E-state index contributed by atoms with van der Waals surface area (Å²) >= 11 is 0. The van der Waals surface area contributed by atoms with E-state index in [2.05, 4.69) is 32.0 Å². The van der Waals surface area contributed by atoms with E-state index in [1.54, 1.807) is 7.11 Å². The quantitative estimate of drug-likeness (QED) is 0.876. The van der Waals surface area contributed by atoms with Crippen molar-refractivity contribution in [1.82, 2.24) is 0 Å². The molecule has 1 aromatic carbocycles. The third kappa shape index (κ3) is 4.57. The Morgan fingerprint density at radius 2 is 1.94 bits per heavy atom. The van der Waals surface area contributed by atoms with Crippen LogP contribution >= 0.6 is 12.4 Å².